The molecule has 4 heterocycles. The van der Waals surface area contributed by atoms with Gasteiger partial charge in [0, 0.05) is 59.3 Å². The molecule has 1 N–H and O–H groups in total. The summed E-state index contributed by atoms with van der Waals surface area (Å²) in [6.07, 6.45) is 6.51. The van der Waals surface area contributed by atoms with Crippen LogP contribution in [0.1, 0.15) is 60.0 Å². The van der Waals surface area contributed by atoms with E-state index >= 15 is 0 Å². The summed E-state index contributed by atoms with van der Waals surface area (Å²) in [4.78, 5) is 31.7. The SMILES string of the molecule is O=C(c1ccc2[nH]c3ccccc3c(=O)c2c1)N1CCCC(c2nnc3n2CCCCC3)C1. The Hall–Kier alpha value is -3.48. The molecular formula is C26H27N5O2. The van der Waals surface area contributed by atoms with Gasteiger partial charge in [-0.3, -0.25) is 9.59 Å². The van der Waals surface area contributed by atoms with Crippen molar-refractivity contribution in [3.8, 4) is 0 Å². The van der Waals surface area contributed by atoms with Crippen molar-refractivity contribution in [3.05, 3.63) is 69.9 Å². The van der Waals surface area contributed by atoms with Crippen LogP contribution in [0.4, 0.5) is 0 Å². The minimum Gasteiger partial charge on any atom is -0.354 e. The van der Waals surface area contributed by atoms with Crippen LogP contribution >= 0.6 is 0 Å². The van der Waals surface area contributed by atoms with Gasteiger partial charge in [0.05, 0.1) is 0 Å². The molecule has 1 unspecified atom stereocenters. The lowest BCUT2D eigenvalue weighted by atomic mass is 9.96. The van der Waals surface area contributed by atoms with Crippen molar-refractivity contribution < 1.29 is 4.79 Å². The average molecular weight is 442 g/mol. The monoisotopic (exact) mass is 441 g/mol. The number of aromatic nitrogens is 4. The highest BCUT2D eigenvalue weighted by atomic mass is 16.2. The molecule has 7 nitrogen and oxygen atoms in total. The van der Waals surface area contributed by atoms with E-state index in [0.717, 1.165) is 61.5 Å². The molecule has 168 valence electrons. The number of amides is 1. The standard InChI is InChI=1S/C26H27N5O2/c32-24-19-8-3-4-9-21(19)27-22-12-11-17(15-20(22)24)26(33)30-13-6-7-18(16-30)25-29-28-23-10-2-1-5-14-31(23)25/h3-4,8-9,11-12,15,18H,1-2,5-7,10,13-14,16H2,(H,27,32). The number of H-pyrrole nitrogens is 1. The molecule has 0 radical (unpaired) electrons. The molecule has 1 amide bonds. The number of nitrogens with one attached hydrogen (secondary N) is 1. The topological polar surface area (TPSA) is 83.9 Å². The van der Waals surface area contributed by atoms with Crippen LogP contribution in [-0.2, 0) is 13.0 Å². The zero-order valence-corrected chi connectivity index (χ0v) is 18.6. The Labute approximate surface area is 191 Å². The van der Waals surface area contributed by atoms with E-state index in [9.17, 15) is 9.59 Å². The Kier molecular flexibility index (Phi) is 4.97. The van der Waals surface area contributed by atoms with Crippen LogP contribution in [0.25, 0.3) is 21.8 Å². The summed E-state index contributed by atoms with van der Waals surface area (Å²) in [6, 6.07) is 12.9. The quantitative estimate of drug-likeness (QED) is 0.476. The fourth-order valence-electron chi connectivity index (χ4n) is 5.42. The maximum absolute atomic E-state index is 13.4. The summed E-state index contributed by atoms with van der Waals surface area (Å²) < 4.78 is 2.30. The van der Waals surface area contributed by atoms with Gasteiger partial charge in [-0.05, 0) is 56.0 Å². The zero-order valence-electron chi connectivity index (χ0n) is 18.6. The van der Waals surface area contributed by atoms with Gasteiger partial charge in [0.25, 0.3) is 5.91 Å². The predicted octanol–water partition coefficient (Wildman–Crippen LogP) is 4.02. The summed E-state index contributed by atoms with van der Waals surface area (Å²) >= 11 is 0. The first-order valence-corrected chi connectivity index (χ1v) is 11.9. The third-order valence-electron chi connectivity index (χ3n) is 7.16. The number of carbonyl (C=O) groups is 1. The fraction of sp³-hybridized carbons (Fsp3) is 0.385. The lowest BCUT2D eigenvalue weighted by Crippen LogP contribution is -2.39. The molecule has 1 fully saturated rings. The van der Waals surface area contributed by atoms with E-state index in [1.807, 2.05) is 41.3 Å². The lowest BCUT2D eigenvalue weighted by molar-refractivity contribution is 0.0703. The van der Waals surface area contributed by atoms with Crippen LogP contribution in [0.3, 0.4) is 0 Å². The van der Waals surface area contributed by atoms with Gasteiger partial charge in [-0.2, -0.15) is 0 Å². The number of pyridine rings is 1. The second kappa shape index (κ2) is 8.14. The normalized spacial score (nSPS) is 18.9. The van der Waals surface area contributed by atoms with Crippen molar-refractivity contribution in [2.24, 2.45) is 0 Å². The van der Waals surface area contributed by atoms with Gasteiger partial charge in [-0.1, -0.05) is 18.6 Å². The number of nitrogens with zero attached hydrogens (tertiary/aromatic N) is 4. The number of carbonyl (C=O) groups excluding carboxylic acids is 1. The van der Waals surface area contributed by atoms with Gasteiger partial charge >= 0.3 is 0 Å². The van der Waals surface area contributed by atoms with Gasteiger partial charge in [-0.15, -0.1) is 10.2 Å². The second-order valence-corrected chi connectivity index (χ2v) is 9.29. The average Bonchev–Trinajstić information content (AvgIpc) is 3.12. The summed E-state index contributed by atoms with van der Waals surface area (Å²) in [5.41, 5.74) is 2.07. The summed E-state index contributed by atoms with van der Waals surface area (Å²) in [5, 5.41) is 10.2. The van der Waals surface area contributed by atoms with Crippen molar-refractivity contribution in [3.63, 3.8) is 0 Å². The first kappa shape index (κ1) is 20.1. The van der Waals surface area contributed by atoms with Gasteiger partial charge in [0.15, 0.2) is 5.43 Å². The van der Waals surface area contributed by atoms with E-state index in [4.69, 9.17) is 0 Å². The Bertz CT molecular complexity index is 1420. The first-order valence-electron chi connectivity index (χ1n) is 11.9. The number of hydrogen-bond donors (Lipinski definition) is 1. The smallest absolute Gasteiger partial charge is 0.253 e. The highest BCUT2D eigenvalue weighted by Gasteiger charge is 2.30. The van der Waals surface area contributed by atoms with E-state index in [1.165, 1.54) is 12.8 Å². The fourth-order valence-corrected chi connectivity index (χ4v) is 5.42. The molecule has 33 heavy (non-hydrogen) atoms. The number of rotatable bonds is 2. The van der Waals surface area contributed by atoms with E-state index in [2.05, 4.69) is 19.7 Å². The van der Waals surface area contributed by atoms with Crippen LogP contribution in [0.15, 0.2) is 47.3 Å². The molecule has 2 aliphatic rings. The van der Waals surface area contributed by atoms with E-state index in [1.54, 1.807) is 6.07 Å². The number of benzene rings is 2. The largest absolute Gasteiger partial charge is 0.354 e. The number of fused-ring (bicyclic) bond motifs is 3. The Balaban J connectivity index is 1.30. The van der Waals surface area contributed by atoms with Gasteiger partial charge < -0.3 is 14.5 Å². The maximum Gasteiger partial charge on any atom is 0.253 e. The lowest BCUT2D eigenvalue weighted by Gasteiger charge is -2.32. The molecular weight excluding hydrogens is 414 g/mol. The van der Waals surface area contributed by atoms with Crippen LogP contribution in [-0.4, -0.2) is 43.6 Å². The highest BCUT2D eigenvalue weighted by Crippen LogP contribution is 2.29. The maximum atomic E-state index is 13.4. The van der Waals surface area contributed by atoms with Crippen molar-refractivity contribution in [2.45, 2.75) is 51.0 Å². The molecule has 0 bridgehead atoms. The number of aryl methyl sites for hydroxylation is 1. The molecule has 4 aromatic rings. The summed E-state index contributed by atoms with van der Waals surface area (Å²) in [5.74, 6) is 2.30. The van der Waals surface area contributed by atoms with Crippen molar-refractivity contribution in [1.82, 2.24) is 24.6 Å². The van der Waals surface area contributed by atoms with E-state index in [0.29, 0.717) is 22.9 Å². The van der Waals surface area contributed by atoms with Crippen LogP contribution in [0.5, 0.6) is 0 Å². The Morgan fingerprint density at radius 3 is 2.76 bits per heavy atom. The van der Waals surface area contributed by atoms with Crippen molar-refractivity contribution >= 4 is 27.7 Å². The van der Waals surface area contributed by atoms with Crippen molar-refractivity contribution in [2.75, 3.05) is 13.1 Å². The van der Waals surface area contributed by atoms with E-state index in [-0.39, 0.29) is 17.3 Å². The third kappa shape index (κ3) is 3.52. The molecule has 7 heteroatoms. The van der Waals surface area contributed by atoms with E-state index < -0.39 is 0 Å². The molecule has 2 aromatic carbocycles. The highest BCUT2D eigenvalue weighted by molar-refractivity contribution is 6.00. The van der Waals surface area contributed by atoms with Gasteiger partial charge in [0.1, 0.15) is 11.6 Å². The second-order valence-electron chi connectivity index (χ2n) is 9.29. The number of likely N-dealkylation sites (tertiary alicyclic amines) is 1. The molecule has 0 aliphatic carbocycles. The number of para-hydroxylation sites is 1. The summed E-state index contributed by atoms with van der Waals surface area (Å²) in [6.45, 7) is 2.34. The Morgan fingerprint density at radius 1 is 0.939 bits per heavy atom. The molecule has 0 spiro atoms. The van der Waals surface area contributed by atoms with Gasteiger partial charge in [0.2, 0.25) is 0 Å². The number of hydrogen-bond acceptors (Lipinski definition) is 4. The molecule has 1 atom stereocenters. The van der Waals surface area contributed by atoms with Crippen LogP contribution in [0.2, 0.25) is 0 Å². The molecule has 2 aromatic heterocycles. The minimum atomic E-state index is -0.0447. The van der Waals surface area contributed by atoms with Gasteiger partial charge in [-0.25, -0.2) is 0 Å². The molecule has 2 aliphatic heterocycles. The minimum absolute atomic E-state index is 0.0234. The zero-order chi connectivity index (χ0) is 22.4. The predicted molar refractivity (Wildman–Crippen MR) is 128 cm³/mol. The van der Waals surface area contributed by atoms with Crippen LogP contribution < -0.4 is 5.43 Å². The molecule has 0 saturated carbocycles. The van der Waals surface area contributed by atoms with Crippen molar-refractivity contribution in [1.29, 1.82) is 0 Å². The molecule has 1 saturated heterocycles. The summed E-state index contributed by atoms with van der Waals surface area (Å²) in [7, 11) is 0. The van der Waals surface area contributed by atoms with Crippen LogP contribution in [0, 0.1) is 0 Å². The molecule has 6 rings (SSSR count). The third-order valence-corrected chi connectivity index (χ3v) is 7.16. The Morgan fingerprint density at radius 2 is 1.82 bits per heavy atom. The number of piperidine rings is 1. The first-order chi connectivity index (χ1) is 16.2. The number of aromatic amines is 1.